The maximum Gasteiger partial charge on any atom is 0.240 e. The van der Waals surface area contributed by atoms with Crippen LogP contribution in [0.15, 0.2) is 23.1 Å². The Morgan fingerprint density at radius 1 is 1.38 bits per heavy atom. The van der Waals surface area contributed by atoms with Crippen molar-refractivity contribution >= 4 is 10.0 Å². The summed E-state index contributed by atoms with van der Waals surface area (Å²) < 4.78 is 37.8. The van der Waals surface area contributed by atoms with Gasteiger partial charge in [-0.05, 0) is 30.2 Å². The SMILES string of the molecule is COCC(CNS(=O)(=O)c1cccc2c1CCNC2)OC. The second-order valence-electron chi connectivity index (χ2n) is 4.99. The highest BCUT2D eigenvalue weighted by Crippen LogP contribution is 2.22. The molecule has 1 atom stereocenters. The Kier molecular flexibility index (Phi) is 5.72. The van der Waals surface area contributed by atoms with Crippen LogP contribution in [0, 0.1) is 0 Å². The Bertz CT molecular complexity index is 574. The third kappa shape index (κ3) is 4.02. The van der Waals surface area contributed by atoms with Crippen molar-refractivity contribution in [3.63, 3.8) is 0 Å². The van der Waals surface area contributed by atoms with Crippen molar-refractivity contribution in [1.82, 2.24) is 10.0 Å². The summed E-state index contributed by atoms with van der Waals surface area (Å²) in [6.45, 7) is 2.04. The van der Waals surface area contributed by atoms with Crippen LogP contribution >= 0.6 is 0 Å². The predicted octanol–water partition coefficient (Wildman–Crippen LogP) is 0.272. The third-order valence-corrected chi connectivity index (χ3v) is 5.08. The molecule has 1 aromatic rings. The topological polar surface area (TPSA) is 76.7 Å². The Morgan fingerprint density at radius 3 is 2.90 bits per heavy atom. The zero-order valence-electron chi connectivity index (χ0n) is 12.4. The van der Waals surface area contributed by atoms with Crippen molar-refractivity contribution in [3.05, 3.63) is 29.3 Å². The molecule has 0 saturated heterocycles. The molecule has 21 heavy (non-hydrogen) atoms. The van der Waals surface area contributed by atoms with E-state index < -0.39 is 10.0 Å². The van der Waals surface area contributed by atoms with E-state index in [2.05, 4.69) is 10.0 Å². The van der Waals surface area contributed by atoms with Crippen molar-refractivity contribution in [2.45, 2.75) is 24.0 Å². The van der Waals surface area contributed by atoms with Crippen LogP contribution in [0.5, 0.6) is 0 Å². The molecule has 7 heteroatoms. The fourth-order valence-corrected chi connectivity index (χ4v) is 3.80. The lowest BCUT2D eigenvalue weighted by molar-refractivity contribution is 0.0320. The van der Waals surface area contributed by atoms with Crippen LogP contribution in [0.4, 0.5) is 0 Å². The Morgan fingerprint density at radius 2 is 2.19 bits per heavy atom. The Balaban J connectivity index is 2.16. The summed E-state index contributed by atoms with van der Waals surface area (Å²) in [4.78, 5) is 0.369. The van der Waals surface area contributed by atoms with Crippen LogP contribution in [-0.2, 0) is 32.5 Å². The third-order valence-electron chi connectivity index (χ3n) is 3.57. The van der Waals surface area contributed by atoms with Crippen LogP contribution in [0.3, 0.4) is 0 Å². The summed E-state index contributed by atoms with van der Waals surface area (Å²) in [5.74, 6) is 0. The largest absolute Gasteiger partial charge is 0.382 e. The Labute approximate surface area is 125 Å². The van der Waals surface area contributed by atoms with E-state index in [4.69, 9.17) is 9.47 Å². The van der Waals surface area contributed by atoms with Crippen LogP contribution in [0.1, 0.15) is 11.1 Å². The molecule has 0 fully saturated rings. The first kappa shape index (κ1) is 16.4. The molecular formula is C14H22N2O4S. The standard InChI is InChI=1S/C14H22N2O4S/c1-19-10-12(20-2)9-16-21(17,18)14-5-3-4-11-8-15-7-6-13(11)14/h3-5,12,15-16H,6-10H2,1-2H3. The molecule has 1 aliphatic heterocycles. The fourth-order valence-electron chi connectivity index (χ4n) is 2.43. The van der Waals surface area contributed by atoms with E-state index in [9.17, 15) is 8.42 Å². The zero-order chi connectivity index (χ0) is 15.3. The molecule has 0 aromatic heterocycles. The first-order valence-electron chi connectivity index (χ1n) is 6.91. The predicted molar refractivity (Wildman–Crippen MR) is 79.7 cm³/mol. The highest BCUT2D eigenvalue weighted by molar-refractivity contribution is 7.89. The van der Waals surface area contributed by atoms with Crippen molar-refractivity contribution in [2.24, 2.45) is 0 Å². The van der Waals surface area contributed by atoms with E-state index in [1.807, 2.05) is 6.07 Å². The molecule has 0 bridgehead atoms. The minimum atomic E-state index is -3.54. The van der Waals surface area contributed by atoms with Crippen molar-refractivity contribution in [2.75, 3.05) is 33.9 Å². The summed E-state index contributed by atoms with van der Waals surface area (Å²) in [7, 11) is -0.446. The van der Waals surface area contributed by atoms with Gasteiger partial charge in [-0.2, -0.15) is 0 Å². The van der Waals surface area contributed by atoms with Gasteiger partial charge in [0.1, 0.15) is 0 Å². The number of methoxy groups -OCH3 is 2. The van der Waals surface area contributed by atoms with Crippen molar-refractivity contribution < 1.29 is 17.9 Å². The molecule has 2 rings (SSSR count). The molecule has 1 aliphatic rings. The van der Waals surface area contributed by atoms with E-state index in [-0.39, 0.29) is 12.6 Å². The first-order chi connectivity index (χ1) is 10.1. The first-order valence-corrected chi connectivity index (χ1v) is 8.39. The lowest BCUT2D eigenvalue weighted by Crippen LogP contribution is -2.36. The highest BCUT2D eigenvalue weighted by Gasteiger charge is 2.23. The lowest BCUT2D eigenvalue weighted by atomic mass is 10.0. The minimum Gasteiger partial charge on any atom is -0.382 e. The summed E-state index contributed by atoms with van der Waals surface area (Å²) in [5.41, 5.74) is 1.95. The molecule has 0 aliphatic carbocycles. The molecule has 0 amide bonds. The molecule has 0 radical (unpaired) electrons. The van der Waals surface area contributed by atoms with Crippen LogP contribution < -0.4 is 10.0 Å². The van der Waals surface area contributed by atoms with E-state index in [0.29, 0.717) is 18.0 Å². The molecule has 118 valence electrons. The van der Waals surface area contributed by atoms with Gasteiger partial charge in [0.2, 0.25) is 10.0 Å². The normalized spacial score (nSPS) is 16.5. The molecule has 2 N–H and O–H groups in total. The molecule has 6 nitrogen and oxygen atoms in total. The maximum absolute atomic E-state index is 12.5. The lowest BCUT2D eigenvalue weighted by Gasteiger charge is -2.21. The second-order valence-corrected chi connectivity index (χ2v) is 6.72. The second kappa shape index (κ2) is 7.33. The number of ether oxygens (including phenoxy) is 2. The number of nitrogens with one attached hydrogen (secondary N) is 2. The van der Waals surface area contributed by atoms with Gasteiger partial charge in [0.15, 0.2) is 0 Å². The number of sulfonamides is 1. The molecule has 1 aromatic carbocycles. The van der Waals surface area contributed by atoms with Crippen LogP contribution in [-0.4, -0.2) is 48.4 Å². The molecular weight excluding hydrogens is 292 g/mol. The van der Waals surface area contributed by atoms with Crippen molar-refractivity contribution in [1.29, 1.82) is 0 Å². The summed E-state index contributed by atoms with van der Waals surface area (Å²) in [5, 5.41) is 3.24. The van der Waals surface area contributed by atoms with Gasteiger partial charge >= 0.3 is 0 Å². The highest BCUT2D eigenvalue weighted by atomic mass is 32.2. The monoisotopic (exact) mass is 314 g/mol. The number of benzene rings is 1. The van der Waals surface area contributed by atoms with Gasteiger partial charge in [-0.1, -0.05) is 12.1 Å². The van der Waals surface area contributed by atoms with Crippen LogP contribution in [0.25, 0.3) is 0 Å². The quantitative estimate of drug-likeness (QED) is 0.755. The molecule has 1 unspecified atom stereocenters. The van der Waals surface area contributed by atoms with Gasteiger partial charge in [0.05, 0.1) is 17.6 Å². The number of fused-ring (bicyclic) bond motifs is 1. The average Bonchev–Trinajstić information content (AvgIpc) is 2.50. The van der Waals surface area contributed by atoms with Gasteiger partial charge in [-0.15, -0.1) is 0 Å². The van der Waals surface area contributed by atoms with E-state index >= 15 is 0 Å². The maximum atomic E-state index is 12.5. The van der Waals surface area contributed by atoms with Gasteiger partial charge in [0, 0.05) is 27.3 Å². The average molecular weight is 314 g/mol. The smallest absolute Gasteiger partial charge is 0.240 e. The van der Waals surface area contributed by atoms with E-state index in [0.717, 1.165) is 24.1 Å². The number of hydrogen-bond donors (Lipinski definition) is 2. The van der Waals surface area contributed by atoms with Gasteiger partial charge in [-0.25, -0.2) is 13.1 Å². The van der Waals surface area contributed by atoms with Gasteiger partial charge < -0.3 is 14.8 Å². The summed E-state index contributed by atoms with van der Waals surface area (Å²) in [6, 6.07) is 5.40. The van der Waals surface area contributed by atoms with E-state index in [1.165, 1.54) is 7.11 Å². The summed E-state index contributed by atoms with van der Waals surface area (Å²) in [6.07, 6.45) is 0.420. The fraction of sp³-hybridized carbons (Fsp3) is 0.571. The van der Waals surface area contributed by atoms with E-state index in [1.54, 1.807) is 19.2 Å². The number of rotatable bonds is 7. The zero-order valence-corrected chi connectivity index (χ0v) is 13.2. The molecule has 1 heterocycles. The van der Waals surface area contributed by atoms with Gasteiger partial charge in [0.25, 0.3) is 0 Å². The minimum absolute atomic E-state index is 0.189. The summed E-state index contributed by atoms with van der Waals surface area (Å²) >= 11 is 0. The Hall–Kier alpha value is -0.990. The van der Waals surface area contributed by atoms with Crippen molar-refractivity contribution in [3.8, 4) is 0 Å². The van der Waals surface area contributed by atoms with Crippen LogP contribution in [0.2, 0.25) is 0 Å². The number of hydrogen-bond acceptors (Lipinski definition) is 5. The molecule has 0 saturated carbocycles. The molecule has 0 spiro atoms. The van der Waals surface area contributed by atoms with Gasteiger partial charge in [-0.3, -0.25) is 0 Å².